The lowest BCUT2D eigenvalue weighted by atomic mass is 9.94. The monoisotopic (exact) mass is 828 g/mol. The number of benzene rings is 2. The molecule has 1 fully saturated rings. The zero-order chi connectivity index (χ0) is 42.1. The van der Waals surface area contributed by atoms with E-state index in [2.05, 4.69) is 9.47 Å². The maximum Gasteiger partial charge on any atom is 0.439 e. The van der Waals surface area contributed by atoms with E-state index < -0.39 is 93.0 Å². The number of piperazine rings is 1. The van der Waals surface area contributed by atoms with Crippen LogP contribution in [0.5, 0.6) is 11.5 Å². The van der Waals surface area contributed by atoms with Gasteiger partial charge in [0, 0.05) is 11.4 Å². The number of hydrogen-bond donors (Lipinski definition) is 2. The van der Waals surface area contributed by atoms with Crippen molar-refractivity contribution in [3.63, 3.8) is 0 Å². The number of hydrogen-bond acceptors (Lipinski definition) is 6. The number of halogens is 20. The van der Waals surface area contributed by atoms with Crippen molar-refractivity contribution in [2.24, 2.45) is 0 Å². The Morgan fingerprint density at radius 2 is 0.704 bits per heavy atom. The van der Waals surface area contributed by atoms with Crippen molar-refractivity contribution in [3.05, 3.63) is 48.5 Å². The topological polar surface area (TPSA) is 83.1 Å². The Balaban J connectivity index is 2.28. The highest BCUT2D eigenvalue weighted by Gasteiger charge is 2.98. The molecule has 3 rings (SSSR count). The first-order valence-corrected chi connectivity index (χ1v) is 13.4. The molecule has 0 aliphatic carbocycles. The lowest BCUT2D eigenvalue weighted by Crippen LogP contribution is -2.90. The highest BCUT2D eigenvalue weighted by atomic mass is 19.4. The molecule has 54 heavy (non-hydrogen) atoms. The fourth-order valence-corrected chi connectivity index (χ4v) is 4.56. The van der Waals surface area contributed by atoms with Gasteiger partial charge in [-0.25, -0.2) is 8.78 Å². The lowest BCUT2D eigenvalue weighted by Gasteiger charge is -2.57. The average molecular weight is 828 g/mol. The van der Waals surface area contributed by atoms with Gasteiger partial charge in [-0.05, 0) is 48.5 Å². The van der Waals surface area contributed by atoms with Crippen molar-refractivity contribution in [2.75, 3.05) is 24.9 Å². The van der Waals surface area contributed by atoms with Gasteiger partial charge >= 0.3 is 60.0 Å². The van der Waals surface area contributed by atoms with Gasteiger partial charge in [0.15, 0.2) is 0 Å². The molecule has 1 aliphatic rings. The Morgan fingerprint density at radius 1 is 0.481 bits per heavy atom. The summed E-state index contributed by atoms with van der Waals surface area (Å²) in [6, 6.07) is -47.3. The summed E-state index contributed by atoms with van der Waals surface area (Å²) in [7, 11) is 1.89. The molecule has 2 aromatic carbocycles. The van der Waals surface area contributed by atoms with Gasteiger partial charge in [0.05, 0.1) is 14.2 Å². The van der Waals surface area contributed by atoms with E-state index >= 15 is 61.5 Å². The summed E-state index contributed by atoms with van der Waals surface area (Å²) in [5.41, 5.74) is -18.1. The van der Waals surface area contributed by atoms with Gasteiger partial charge in [-0.15, -0.1) is 9.80 Å². The third-order valence-electron chi connectivity index (χ3n) is 7.34. The molecule has 28 heteroatoms. The van der Waals surface area contributed by atoms with Gasteiger partial charge < -0.3 is 20.1 Å². The van der Waals surface area contributed by atoms with Crippen LogP contribution in [0.2, 0.25) is 0 Å². The minimum absolute atomic E-state index is 0.250. The van der Waals surface area contributed by atoms with E-state index in [0.717, 1.165) is 14.2 Å². The number of carbonyl (C=O) groups excluding carboxylic acids is 2. The molecule has 8 nitrogen and oxygen atoms in total. The van der Waals surface area contributed by atoms with E-state index in [-0.39, 0.29) is 11.5 Å². The molecule has 0 bridgehead atoms. The predicted molar refractivity (Wildman–Crippen MR) is 136 cm³/mol. The lowest BCUT2D eigenvalue weighted by molar-refractivity contribution is -0.576. The van der Waals surface area contributed by atoms with Crippen molar-refractivity contribution < 1.29 is 107 Å². The molecule has 0 saturated carbocycles. The molecule has 304 valence electrons. The standard InChI is InChI=1S/C26H16F20N4O4/c1-53-13-7-3-11(4-8-13)47-15(51)17(27,19(29,30)31)21(35,36)49-23(39,40)25(43,44)50(26(45,46)24(49,41)42)22(37,38)18(28,20(32,33)34)16(52)48-12-5-9-14(54-2)10-6-12/h3-10H,1-2H3,(H,47,51)(H,48,52)/t17-,18+. The van der Waals surface area contributed by atoms with Crippen LogP contribution in [-0.2, 0) is 9.59 Å². The summed E-state index contributed by atoms with van der Waals surface area (Å²) >= 11 is 0. The third kappa shape index (κ3) is 6.12. The molecular weight excluding hydrogens is 812 g/mol. The van der Waals surface area contributed by atoms with Gasteiger partial charge in [0.25, 0.3) is 11.8 Å². The van der Waals surface area contributed by atoms with Crippen LogP contribution in [0.1, 0.15) is 0 Å². The van der Waals surface area contributed by atoms with Crippen molar-refractivity contribution in [1.82, 2.24) is 9.80 Å². The number of nitrogens with one attached hydrogen (secondary N) is 2. The van der Waals surface area contributed by atoms with E-state index in [0.29, 0.717) is 59.2 Å². The number of rotatable bonds is 10. The second kappa shape index (κ2) is 13.1. The van der Waals surface area contributed by atoms with E-state index in [1.165, 1.54) is 0 Å². The summed E-state index contributed by atoms with van der Waals surface area (Å²) in [6.45, 7) is 0. The first kappa shape index (κ1) is 43.9. The summed E-state index contributed by atoms with van der Waals surface area (Å²) in [5.74, 6) is -8.68. The Hall–Kier alpha value is -4.50. The highest BCUT2D eigenvalue weighted by molar-refractivity contribution is 5.99. The number of alkyl halides is 20. The number of ether oxygens (including phenoxy) is 2. The van der Waals surface area contributed by atoms with Gasteiger partial charge in [0.2, 0.25) is 0 Å². The molecule has 1 aliphatic heterocycles. The highest BCUT2D eigenvalue weighted by Crippen LogP contribution is 2.67. The van der Waals surface area contributed by atoms with E-state index in [9.17, 15) is 35.9 Å². The zero-order valence-corrected chi connectivity index (χ0v) is 25.7. The number of anilines is 2. The fourth-order valence-electron chi connectivity index (χ4n) is 4.56. The van der Waals surface area contributed by atoms with Crippen molar-refractivity contribution in [2.45, 2.75) is 60.0 Å². The molecule has 1 heterocycles. The van der Waals surface area contributed by atoms with Crippen LogP contribution in [0.15, 0.2) is 48.5 Å². The van der Waals surface area contributed by atoms with Gasteiger partial charge in [-0.1, -0.05) is 0 Å². The first-order valence-electron chi connectivity index (χ1n) is 13.4. The van der Waals surface area contributed by atoms with Crippen LogP contribution in [0.25, 0.3) is 0 Å². The predicted octanol–water partition coefficient (Wildman–Crippen LogP) is 8.00. The number of nitrogens with zero attached hydrogens (tertiary/aromatic N) is 2. The quantitative estimate of drug-likeness (QED) is 0.187. The minimum atomic E-state index is -8.60. The maximum atomic E-state index is 15.4. The summed E-state index contributed by atoms with van der Waals surface area (Å²) in [6.07, 6.45) is -15.8. The third-order valence-corrected chi connectivity index (χ3v) is 7.34. The Kier molecular flexibility index (Phi) is 10.6. The molecular formula is C26H16F20N4O4. The van der Waals surface area contributed by atoms with Crippen molar-refractivity contribution in [1.29, 1.82) is 0 Å². The molecule has 2 amide bonds. The molecule has 0 unspecified atom stereocenters. The van der Waals surface area contributed by atoms with Crippen LogP contribution in [0.3, 0.4) is 0 Å². The number of methoxy groups -OCH3 is 2. The number of amides is 2. The average Bonchev–Trinajstić information content (AvgIpc) is 3.01. The fraction of sp³-hybridized carbons (Fsp3) is 0.462. The second-order valence-corrected chi connectivity index (χ2v) is 10.6. The van der Waals surface area contributed by atoms with Crippen LogP contribution in [-0.4, -0.2) is 95.8 Å². The van der Waals surface area contributed by atoms with Crippen LogP contribution >= 0.6 is 0 Å². The molecule has 0 spiro atoms. The molecule has 1 saturated heterocycles. The SMILES string of the molecule is COc1ccc(NC(=O)[C@@](F)(C(F)(F)F)C(F)(F)N2C(F)(F)C(F)(F)N(C(F)(F)[C@](F)(C(=O)Nc3ccc(OC)cc3)C(F)(F)F)C(F)(F)C2(F)F)cc1. The summed E-state index contributed by atoms with van der Waals surface area (Å²) in [5, 5.41) is 1.15. The van der Waals surface area contributed by atoms with Gasteiger partial charge in [-0.3, -0.25) is 9.59 Å². The maximum absolute atomic E-state index is 15.4. The van der Waals surface area contributed by atoms with E-state index in [1.54, 1.807) is 0 Å². The Labute approximate surface area is 285 Å². The van der Waals surface area contributed by atoms with Crippen molar-refractivity contribution in [3.8, 4) is 11.5 Å². The summed E-state index contributed by atoms with van der Waals surface area (Å²) in [4.78, 5) is 15.1. The zero-order valence-electron chi connectivity index (χ0n) is 25.7. The van der Waals surface area contributed by atoms with Gasteiger partial charge in [-0.2, -0.15) is 79.0 Å². The van der Waals surface area contributed by atoms with Gasteiger partial charge in [0.1, 0.15) is 11.5 Å². The summed E-state index contributed by atoms with van der Waals surface area (Å²) < 4.78 is 304. The molecule has 0 aromatic heterocycles. The Morgan fingerprint density at radius 3 is 0.889 bits per heavy atom. The van der Waals surface area contributed by atoms with Crippen LogP contribution in [0.4, 0.5) is 99.2 Å². The van der Waals surface area contributed by atoms with E-state index in [1.807, 2.05) is 0 Å². The largest absolute Gasteiger partial charge is 0.497 e. The second-order valence-electron chi connectivity index (χ2n) is 10.6. The molecule has 2 aromatic rings. The van der Waals surface area contributed by atoms with Crippen LogP contribution in [0, 0.1) is 0 Å². The molecule has 2 N–H and O–H groups in total. The Bertz CT molecular complexity index is 1560. The molecule has 2 atom stereocenters. The van der Waals surface area contributed by atoms with Crippen molar-refractivity contribution >= 4 is 23.2 Å². The minimum Gasteiger partial charge on any atom is -0.497 e. The molecule has 0 radical (unpaired) electrons. The van der Waals surface area contributed by atoms with E-state index in [4.69, 9.17) is 0 Å². The first-order chi connectivity index (χ1) is 24.1. The number of carbonyl (C=O) groups is 2. The normalized spacial score (nSPS) is 21.3. The van der Waals surface area contributed by atoms with Crippen LogP contribution < -0.4 is 20.1 Å². The smallest absolute Gasteiger partial charge is 0.439 e.